The van der Waals surface area contributed by atoms with E-state index in [0.29, 0.717) is 19.0 Å². The highest BCUT2D eigenvalue weighted by molar-refractivity contribution is 5.71. The first-order chi connectivity index (χ1) is 9.06. The number of ether oxygens (including phenoxy) is 1. The zero-order valence-electron chi connectivity index (χ0n) is 10.7. The quantitative estimate of drug-likeness (QED) is 0.608. The third kappa shape index (κ3) is 3.43. The average molecular weight is 264 g/mol. The number of amides is 1. The smallest absolute Gasteiger partial charge is 0.410 e. The molecule has 0 radical (unpaired) electrons. The maximum Gasteiger partial charge on any atom is 0.415 e. The number of nitro benzene ring substituents is 1. The van der Waals surface area contributed by atoms with Crippen LogP contribution in [-0.2, 0) is 0 Å². The van der Waals surface area contributed by atoms with Gasteiger partial charge in [0.15, 0.2) is 0 Å². The molecule has 0 bridgehead atoms. The van der Waals surface area contributed by atoms with E-state index in [2.05, 4.69) is 6.92 Å². The topological polar surface area (TPSA) is 72.7 Å². The number of nitro groups is 1. The van der Waals surface area contributed by atoms with E-state index in [1.165, 1.54) is 24.3 Å². The molecule has 1 aliphatic rings. The lowest BCUT2D eigenvalue weighted by molar-refractivity contribution is -0.384. The number of hydrogen-bond acceptors (Lipinski definition) is 4. The predicted octanol–water partition coefficient (Wildman–Crippen LogP) is 2.83. The molecule has 1 heterocycles. The molecule has 1 aliphatic heterocycles. The predicted molar refractivity (Wildman–Crippen MR) is 69.1 cm³/mol. The van der Waals surface area contributed by atoms with E-state index in [1.54, 1.807) is 4.90 Å². The van der Waals surface area contributed by atoms with Gasteiger partial charge in [-0.25, -0.2) is 4.79 Å². The van der Waals surface area contributed by atoms with Crippen molar-refractivity contribution in [2.75, 3.05) is 13.1 Å². The van der Waals surface area contributed by atoms with Gasteiger partial charge < -0.3 is 9.64 Å². The van der Waals surface area contributed by atoms with E-state index < -0.39 is 11.0 Å². The summed E-state index contributed by atoms with van der Waals surface area (Å²) >= 11 is 0. The molecule has 0 aromatic heterocycles. The molecule has 0 saturated carbocycles. The van der Waals surface area contributed by atoms with Crippen molar-refractivity contribution < 1.29 is 14.5 Å². The van der Waals surface area contributed by atoms with E-state index >= 15 is 0 Å². The monoisotopic (exact) mass is 264 g/mol. The van der Waals surface area contributed by atoms with Gasteiger partial charge in [0.05, 0.1) is 11.0 Å². The number of rotatable bonds is 2. The van der Waals surface area contributed by atoms with Crippen molar-refractivity contribution in [2.24, 2.45) is 5.92 Å². The molecule has 102 valence electrons. The summed E-state index contributed by atoms with van der Waals surface area (Å²) in [5, 5.41) is 10.6. The number of piperidine rings is 1. The van der Waals surface area contributed by atoms with Crippen molar-refractivity contribution in [3.63, 3.8) is 0 Å². The van der Waals surface area contributed by atoms with Crippen molar-refractivity contribution >= 4 is 11.8 Å². The third-order valence-electron chi connectivity index (χ3n) is 3.28. The molecule has 6 nitrogen and oxygen atoms in total. The summed E-state index contributed by atoms with van der Waals surface area (Å²) in [5.74, 6) is 0.833. The van der Waals surface area contributed by atoms with E-state index in [1.807, 2.05) is 0 Å². The van der Waals surface area contributed by atoms with E-state index in [4.69, 9.17) is 4.74 Å². The fourth-order valence-electron chi connectivity index (χ4n) is 2.02. The van der Waals surface area contributed by atoms with Crippen LogP contribution in [0.1, 0.15) is 19.8 Å². The number of nitrogens with zero attached hydrogens (tertiary/aromatic N) is 2. The van der Waals surface area contributed by atoms with Crippen LogP contribution in [0.4, 0.5) is 10.5 Å². The Hall–Kier alpha value is -2.11. The standard InChI is InChI=1S/C13H16N2O4/c1-10-5-7-14(8-6-10)13(16)19-12-4-2-3-11(9-12)15(17)18/h2-4,9-10H,5-8H2,1H3. The Morgan fingerprint density at radius 1 is 1.42 bits per heavy atom. The number of non-ortho nitro benzene ring substituents is 1. The Balaban J connectivity index is 1.98. The Morgan fingerprint density at radius 3 is 2.74 bits per heavy atom. The Morgan fingerprint density at radius 2 is 2.11 bits per heavy atom. The molecule has 0 aliphatic carbocycles. The van der Waals surface area contributed by atoms with Gasteiger partial charge in [-0.2, -0.15) is 0 Å². The van der Waals surface area contributed by atoms with Crippen molar-refractivity contribution in [3.05, 3.63) is 34.4 Å². The normalized spacial score (nSPS) is 16.2. The summed E-state index contributed by atoms with van der Waals surface area (Å²) in [6.07, 6.45) is 1.49. The second-order valence-electron chi connectivity index (χ2n) is 4.79. The zero-order chi connectivity index (χ0) is 13.8. The van der Waals surface area contributed by atoms with Crippen molar-refractivity contribution in [1.29, 1.82) is 0 Å². The van der Waals surface area contributed by atoms with Gasteiger partial charge >= 0.3 is 6.09 Å². The number of hydrogen-bond donors (Lipinski definition) is 0. The van der Waals surface area contributed by atoms with E-state index in [-0.39, 0.29) is 11.4 Å². The molecule has 1 fully saturated rings. The highest BCUT2D eigenvalue weighted by atomic mass is 16.6. The van der Waals surface area contributed by atoms with Crippen molar-refractivity contribution in [3.8, 4) is 5.75 Å². The lowest BCUT2D eigenvalue weighted by atomic mass is 10.00. The molecule has 0 N–H and O–H groups in total. The van der Waals surface area contributed by atoms with Crippen LogP contribution in [0.5, 0.6) is 5.75 Å². The molecule has 1 aromatic rings. The molecule has 19 heavy (non-hydrogen) atoms. The highest BCUT2D eigenvalue weighted by Gasteiger charge is 2.22. The first kappa shape index (κ1) is 13.3. The van der Waals surface area contributed by atoms with Crippen LogP contribution in [0.3, 0.4) is 0 Å². The molecule has 1 aromatic carbocycles. The summed E-state index contributed by atoms with van der Waals surface area (Å²) in [6.45, 7) is 3.51. The molecular weight excluding hydrogens is 248 g/mol. The van der Waals surface area contributed by atoms with Crippen molar-refractivity contribution in [2.45, 2.75) is 19.8 Å². The Labute approximate surface area is 111 Å². The van der Waals surface area contributed by atoms with E-state index in [0.717, 1.165) is 12.8 Å². The van der Waals surface area contributed by atoms with Gasteiger partial charge in [-0.1, -0.05) is 13.0 Å². The molecule has 0 atom stereocenters. The minimum atomic E-state index is -0.514. The lowest BCUT2D eigenvalue weighted by Crippen LogP contribution is -2.39. The average Bonchev–Trinajstić information content (AvgIpc) is 2.39. The largest absolute Gasteiger partial charge is 0.415 e. The lowest BCUT2D eigenvalue weighted by Gasteiger charge is -2.29. The van der Waals surface area contributed by atoms with Gasteiger partial charge in [-0.15, -0.1) is 0 Å². The summed E-state index contributed by atoms with van der Waals surface area (Å²) in [6, 6.07) is 5.65. The van der Waals surface area contributed by atoms with E-state index in [9.17, 15) is 14.9 Å². The SMILES string of the molecule is CC1CCN(C(=O)Oc2cccc([N+](=O)[O-])c2)CC1. The summed E-state index contributed by atoms with van der Waals surface area (Å²) in [5.41, 5.74) is -0.0856. The first-order valence-corrected chi connectivity index (χ1v) is 6.27. The van der Waals surface area contributed by atoms with Crippen LogP contribution >= 0.6 is 0 Å². The van der Waals surface area contributed by atoms with Gasteiger partial charge in [-0.05, 0) is 24.8 Å². The molecule has 0 spiro atoms. The fourth-order valence-corrected chi connectivity index (χ4v) is 2.02. The number of benzene rings is 1. The van der Waals surface area contributed by atoms with Gasteiger partial charge in [0, 0.05) is 19.2 Å². The maximum atomic E-state index is 11.9. The number of carbonyl (C=O) groups is 1. The minimum Gasteiger partial charge on any atom is -0.410 e. The second kappa shape index (κ2) is 5.69. The van der Waals surface area contributed by atoms with Crippen LogP contribution in [0.2, 0.25) is 0 Å². The van der Waals surface area contributed by atoms with Crippen molar-refractivity contribution in [1.82, 2.24) is 4.90 Å². The summed E-state index contributed by atoms with van der Waals surface area (Å²) < 4.78 is 5.16. The van der Waals surface area contributed by atoms with Crippen LogP contribution in [0, 0.1) is 16.0 Å². The second-order valence-corrected chi connectivity index (χ2v) is 4.79. The minimum absolute atomic E-state index is 0.0856. The molecular formula is C13H16N2O4. The van der Waals surface area contributed by atoms with Gasteiger partial charge in [-0.3, -0.25) is 10.1 Å². The van der Waals surface area contributed by atoms with Crippen LogP contribution < -0.4 is 4.74 Å². The number of carbonyl (C=O) groups excluding carboxylic acids is 1. The van der Waals surface area contributed by atoms with Crippen LogP contribution in [0.15, 0.2) is 24.3 Å². The summed E-state index contributed by atoms with van der Waals surface area (Å²) in [4.78, 5) is 23.6. The Bertz CT molecular complexity index is 481. The fraction of sp³-hybridized carbons (Fsp3) is 0.462. The zero-order valence-corrected chi connectivity index (χ0v) is 10.7. The van der Waals surface area contributed by atoms with Gasteiger partial charge in [0.2, 0.25) is 0 Å². The maximum absolute atomic E-state index is 11.9. The first-order valence-electron chi connectivity index (χ1n) is 6.27. The molecule has 0 unspecified atom stereocenters. The van der Waals surface area contributed by atoms with Crippen LogP contribution in [0.25, 0.3) is 0 Å². The molecule has 6 heteroatoms. The molecule has 1 amide bonds. The van der Waals surface area contributed by atoms with Crippen LogP contribution in [-0.4, -0.2) is 29.0 Å². The molecule has 2 rings (SSSR count). The third-order valence-corrected chi connectivity index (χ3v) is 3.28. The van der Waals surface area contributed by atoms with Gasteiger partial charge in [0.1, 0.15) is 5.75 Å². The van der Waals surface area contributed by atoms with Gasteiger partial charge in [0.25, 0.3) is 5.69 Å². The Kier molecular flexibility index (Phi) is 3.99. The molecule has 1 saturated heterocycles. The summed E-state index contributed by atoms with van der Waals surface area (Å²) in [7, 11) is 0. The highest BCUT2D eigenvalue weighted by Crippen LogP contribution is 2.21. The number of likely N-dealkylation sites (tertiary alicyclic amines) is 1.